The Morgan fingerprint density at radius 2 is 1.33 bits per heavy atom. The average Bonchev–Trinajstić information content (AvgIpc) is 2.23. The first-order chi connectivity index (χ1) is 7.87. The van der Waals surface area contributed by atoms with Gasteiger partial charge in [-0.05, 0) is 6.42 Å². The summed E-state index contributed by atoms with van der Waals surface area (Å²) in [7, 11) is 0. The Morgan fingerprint density at radius 1 is 0.889 bits per heavy atom. The first-order valence-electron chi connectivity index (χ1n) is 4.58. The molecule has 0 rings (SSSR count). The molecule has 1 atom stereocenters. The van der Waals surface area contributed by atoms with Gasteiger partial charge >= 0.3 is 23.9 Å². The Bertz CT molecular complexity index is 274. The third-order valence-corrected chi connectivity index (χ3v) is 1.95. The van der Waals surface area contributed by atoms with Crippen LogP contribution in [0.2, 0.25) is 0 Å². The molecule has 0 saturated heterocycles. The van der Waals surface area contributed by atoms with Crippen molar-refractivity contribution in [2.75, 3.05) is 13.3 Å². The molecule has 10 heteroatoms. The fraction of sp³-hybridized carbons (Fsp3) is 1.00. The van der Waals surface area contributed by atoms with Crippen molar-refractivity contribution in [3.05, 3.63) is 0 Å². The summed E-state index contributed by atoms with van der Waals surface area (Å²) in [5, 5.41) is 0. The zero-order valence-corrected chi connectivity index (χ0v) is 8.93. The number of hydrogen-bond donors (Lipinski definition) is 0. The van der Waals surface area contributed by atoms with Gasteiger partial charge in [-0.25, -0.2) is 8.78 Å². The second-order valence-electron chi connectivity index (χ2n) is 3.36. The molecule has 0 aliphatic rings. The predicted molar refractivity (Wildman–Crippen MR) is 42.0 cm³/mol. The van der Waals surface area contributed by atoms with Crippen molar-refractivity contribution in [3.63, 3.8) is 0 Å². The Hall–Kier alpha value is -0.670. The SMILES string of the molecule is CCCOC(F)(F)C(F)(C(F)(F)F)C(F)(F)CF. The van der Waals surface area contributed by atoms with Crippen LogP contribution < -0.4 is 0 Å². The summed E-state index contributed by atoms with van der Waals surface area (Å²) >= 11 is 0. The maximum absolute atomic E-state index is 13.2. The highest BCUT2D eigenvalue weighted by atomic mass is 19.4. The fourth-order valence-electron chi connectivity index (χ4n) is 1.01. The first kappa shape index (κ1) is 17.3. The highest BCUT2D eigenvalue weighted by Crippen LogP contribution is 2.54. The van der Waals surface area contributed by atoms with Gasteiger partial charge in [0.25, 0.3) is 0 Å². The molecule has 0 radical (unpaired) electrons. The van der Waals surface area contributed by atoms with E-state index < -0.39 is 37.2 Å². The van der Waals surface area contributed by atoms with E-state index in [1.165, 1.54) is 6.92 Å². The molecule has 0 saturated carbocycles. The van der Waals surface area contributed by atoms with Gasteiger partial charge in [0.1, 0.15) is 0 Å². The largest absolute Gasteiger partial charge is 0.437 e. The zero-order valence-electron chi connectivity index (χ0n) is 8.93. The highest BCUT2D eigenvalue weighted by molar-refractivity contribution is 5.05. The molecule has 0 N–H and O–H groups in total. The summed E-state index contributed by atoms with van der Waals surface area (Å²) in [5.74, 6) is -5.97. The Kier molecular flexibility index (Phi) is 4.95. The number of halogens is 9. The normalized spacial score (nSPS) is 17.7. The van der Waals surface area contributed by atoms with Gasteiger partial charge < -0.3 is 4.74 Å². The summed E-state index contributed by atoms with van der Waals surface area (Å²) in [5.41, 5.74) is -6.43. The van der Waals surface area contributed by atoms with Crippen LogP contribution in [0.25, 0.3) is 0 Å². The van der Waals surface area contributed by atoms with Gasteiger partial charge in [0.15, 0.2) is 6.67 Å². The van der Waals surface area contributed by atoms with Crippen molar-refractivity contribution >= 4 is 0 Å². The summed E-state index contributed by atoms with van der Waals surface area (Å²) < 4.78 is 115. The number of ether oxygens (including phenoxy) is 1. The summed E-state index contributed by atoms with van der Waals surface area (Å²) in [4.78, 5) is 0. The van der Waals surface area contributed by atoms with Crippen LogP contribution in [-0.4, -0.2) is 37.2 Å². The third-order valence-electron chi connectivity index (χ3n) is 1.95. The molecule has 0 aromatic rings. The van der Waals surface area contributed by atoms with Gasteiger partial charge in [0.05, 0.1) is 6.61 Å². The van der Waals surface area contributed by atoms with Crippen LogP contribution in [0.1, 0.15) is 13.3 Å². The third kappa shape index (κ3) is 2.67. The minimum Gasteiger partial charge on any atom is -0.317 e. The fourth-order valence-corrected chi connectivity index (χ4v) is 1.01. The molecule has 0 aromatic carbocycles. The Balaban J connectivity index is 5.64. The summed E-state index contributed by atoms with van der Waals surface area (Å²) in [6.07, 6.45) is -12.9. The van der Waals surface area contributed by atoms with Crippen LogP contribution in [0.4, 0.5) is 39.5 Å². The molecule has 0 spiro atoms. The lowest BCUT2D eigenvalue weighted by Crippen LogP contribution is -2.67. The molecular weight excluding hydrogens is 283 g/mol. The number of alkyl halides is 9. The maximum atomic E-state index is 13.2. The lowest BCUT2D eigenvalue weighted by molar-refractivity contribution is -0.428. The van der Waals surface area contributed by atoms with Gasteiger partial charge in [-0.1, -0.05) is 6.92 Å². The summed E-state index contributed by atoms with van der Waals surface area (Å²) in [6.45, 7) is -3.16. The van der Waals surface area contributed by atoms with E-state index >= 15 is 0 Å². The standard InChI is InChI=1S/C8H9F9O/c1-2-3-18-8(16,17)6(12,7(13,14)15)5(10,11)4-9/h2-4H2,1H3. The van der Waals surface area contributed by atoms with Crippen LogP contribution in [0.15, 0.2) is 0 Å². The van der Waals surface area contributed by atoms with E-state index in [0.29, 0.717) is 0 Å². The maximum Gasteiger partial charge on any atom is 0.437 e. The Morgan fingerprint density at radius 3 is 1.61 bits per heavy atom. The monoisotopic (exact) mass is 292 g/mol. The molecule has 0 fully saturated rings. The van der Waals surface area contributed by atoms with Gasteiger partial charge in [0.2, 0.25) is 0 Å². The van der Waals surface area contributed by atoms with Gasteiger partial charge in [-0.3, -0.25) is 0 Å². The van der Waals surface area contributed by atoms with Crippen molar-refractivity contribution in [1.29, 1.82) is 0 Å². The van der Waals surface area contributed by atoms with Crippen molar-refractivity contribution in [2.45, 2.75) is 37.2 Å². The zero-order chi connectivity index (χ0) is 14.8. The second-order valence-corrected chi connectivity index (χ2v) is 3.36. The number of hydrogen-bond acceptors (Lipinski definition) is 1. The van der Waals surface area contributed by atoms with E-state index in [0.717, 1.165) is 0 Å². The topological polar surface area (TPSA) is 9.23 Å². The van der Waals surface area contributed by atoms with Crippen molar-refractivity contribution in [2.24, 2.45) is 0 Å². The molecule has 0 aromatic heterocycles. The van der Waals surface area contributed by atoms with Crippen LogP contribution >= 0.6 is 0 Å². The van der Waals surface area contributed by atoms with E-state index in [-0.39, 0.29) is 6.42 Å². The van der Waals surface area contributed by atoms with Gasteiger partial charge in [-0.2, -0.15) is 30.7 Å². The molecule has 1 unspecified atom stereocenters. The molecule has 1 nitrogen and oxygen atoms in total. The van der Waals surface area contributed by atoms with Crippen LogP contribution in [0.3, 0.4) is 0 Å². The van der Waals surface area contributed by atoms with Crippen molar-refractivity contribution in [3.8, 4) is 0 Å². The first-order valence-corrected chi connectivity index (χ1v) is 4.58. The smallest absolute Gasteiger partial charge is 0.317 e. The lowest BCUT2D eigenvalue weighted by atomic mass is 9.96. The van der Waals surface area contributed by atoms with Crippen molar-refractivity contribution < 1.29 is 44.3 Å². The number of rotatable bonds is 6. The molecule has 110 valence electrons. The van der Waals surface area contributed by atoms with E-state index in [2.05, 4.69) is 4.74 Å². The van der Waals surface area contributed by atoms with E-state index in [4.69, 9.17) is 0 Å². The molecule has 0 aliphatic heterocycles. The molecule has 18 heavy (non-hydrogen) atoms. The molecule has 0 amide bonds. The lowest BCUT2D eigenvalue weighted by Gasteiger charge is -2.38. The molecule has 0 aliphatic carbocycles. The molecule has 0 heterocycles. The minimum atomic E-state index is -6.71. The quantitative estimate of drug-likeness (QED) is 0.675. The highest BCUT2D eigenvalue weighted by Gasteiger charge is 2.84. The second kappa shape index (κ2) is 5.14. The predicted octanol–water partition coefficient (Wildman–Crippen LogP) is 3.88. The van der Waals surface area contributed by atoms with Crippen LogP contribution in [0, 0.1) is 0 Å². The molecule has 0 bridgehead atoms. The van der Waals surface area contributed by atoms with Gasteiger partial charge in [-0.15, -0.1) is 0 Å². The van der Waals surface area contributed by atoms with Crippen LogP contribution in [-0.2, 0) is 4.74 Å². The average molecular weight is 292 g/mol. The van der Waals surface area contributed by atoms with E-state index in [1.807, 2.05) is 0 Å². The van der Waals surface area contributed by atoms with Crippen LogP contribution in [0.5, 0.6) is 0 Å². The summed E-state index contributed by atoms with van der Waals surface area (Å²) in [6, 6.07) is 0. The Labute approximate surface area is 95.9 Å². The van der Waals surface area contributed by atoms with E-state index in [1.54, 1.807) is 0 Å². The minimum absolute atomic E-state index is 0.273. The van der Waals surface area contributed by atoms with Crippen molar-refractivity contribution in [1.82, 2.24) is 0 Å². The molecular formula is C8H9F9O. The van der Waals surface area contributed by atoms with Gasteiger partial charge in [0, 0.05) is 0 Å². The van der Waals surface area contributed by atoms with E-state index in [9.17, 15) is 39.5 Å².